The van der Waals surface area contributed by atoms with Gasteiger partial charge in [-0.25, -0.2) is 0 Å². The lowest BCUT2D eigenvalue weighted by atomic mass is 10.1. The van der Waals surface area contributed by atoms with Gasteiger partial charge in [0.1, 0.15) is 0 Å². The fraction of sp³-hybridized carbons (Fsp3) is 0. The predicted molar refractivity (Wildman–Crippen MR) is 81.6 cm³/mol. The van der Waals surface area contributed by atoms with Crippen LogP contribution < -0.4 is 11.1 Å². The molecule has 2 rings (SSSR count). The molecule has 2 aromatic rings. The van der Waals surface area contributed by atoms with Crippen molar-refractivity contribution >= 4 is 29.0 Å². The van der Waals surface area contributed by atoms with Gasteiger partial charge in [0.25, 0.3) is 5.69 Å². The van der Waals surface area contributed by atoms with Crippen LogP contribution in [0.25, 0.3) is 6.08 Å². The van der Waals surface area contributed by atoms with E-state index in [9.17, 15) is 14.9 Å². The van der Waals surface area contributed by atoms with E-state index < -0.39 is 10.8 Å². The Morgan fingerprint density at radius 1 is 1.19 bits per heavy atom. The van der Waals surface area contributed by atoms with Crippen molar-refractivity contribution in [2.75, 3.05) is 11.1 Å². The number of carbonyl (C=O) groups excluding carboxylic acids is 1. The van der Waals surface area contributed by atoms with Gasteiger partial charge in [0, 0.05) is 23.5 Å². The van der Waals surface area contributed by atoms with Gasteiger partial charge in [0.05, 0.1) is 10.5 Å². The summed E-state index contributed by atoms with van der Waals surface area (Å²) in [4.78, 5) is 22.1. The molecule has 0 saturated carbocycles. The minimum absolute atomic E-state index is 0.0505. The molecule has 0 saturated heterocycles. The average Bonchev–Trinajstić information content (AvgIpc) is 2.45. The Kier molecular flexibility index (Phi) is 4.30. The third-order valence-electron chi connectivity index (χ3n) is 2.70. The van der Waals surface area contributed by atoms with Crippen LogP contribution in [0.3, 0.4) is 0 Å². The van der Waals surface area contributed by atoms with Gasteiger partial charge in [-0.15, -0.1) is 0 Å². The molecule has 0 unspecified atom stereocenters. The van der Waals surface area contributed by atoms with Gasteiger partial charge in [0.2, 0.25) is 5.91 Å². The van der Waals surface area contributed by atoms with Crippen molar-refractivity contribution in [1.82, 2.24) is 0 Å². The first-order valence-corrected chi connectivity index (χ1v) is 6.14. The number of amides is 1. The second kappa shape index (κ2) is 6.33. The molecule has 0 heterocycles. The van der Waals surface area contributed by atoms with Crippen molar-refractivity contribution < 1.29 is 9.72 Å². The van der Waals surface area contributed by atoms with Crippen LogP contribution in [0.2, 0.25) is 0 Å². The normalized spacial score (nSPS) is 10.5. The number of carbonyl (C=O) groups is 1. The van der Waals surface area contributed by atoms with Crippen LogP contribution in [0, 0.1) is 10.1 Å². The second-order valence-electron chi connectivity index (χ2n) is 4.26. The summed E-state index contributed by atoms with van der Waals surface area (Å²) in [5.41, 5.74) is 7.02. The fourth-order valence-corrected chi connectivity index (χ4v) is 1.76. The Bertz CT molecular complexity index is 711. The van der Waals surface area contributed by atoms with Crippen molar-refractivity contribution in [3.63, 3.8) is 0 Å². The molecule has 0 aromatic heterocycles. The van der Waals surface area contributed by atoms with E-state index in [-0.39, 0.29) is 5.69 Å². The summed E-state index contributed by atoms with van der Waals surface area (Å²) in [5, 5.41) is 13.5. The zero-order valence-corrected chi connectivity index (χ0v) is 11.0. The standard InChI is InChI=1S/C15H13N3O3/c16-12-5-3-6-13(10-12)17-15(19)9-8-11-4-1-2-7-14(11)18(20)21/h1-10H,16H2,(H,17,19)/b9-8+. The molecule has 0 bridgehead atoms. The summed E-state index contributed by atoms with van der Waals surface area (Å²) >= 11 is 0. The zero-order valence-electron chi connectivity index (χ0n) is 11.0. The van der Waals surface area contributed by atoms with Gasteiger partial charge in [0.15, 0.2) is 0 Å². The van der Waals surface area contributed by atoms with Crippen molar-refractivity contribution in [2.45, 2.75) is 0 Å². The topological polar surface area (TPSA) is 98.3 Å². The van der Waals surface area contributed by atoms with E-state index in [0.717, 1.165) is 0 Å². The van der Waals surface area contributed by atoms with Gasteiger partial charge >= 0.3 is 0 Å². The number of rotatable bonds is 4. The smallest absolute Gasteiger partial charge is 0.276 e. The summed E-state index contributed by atoms with van der Waals surface area (Å²) < 4.78 is 0. The molecule has 0 aliphatic heterocycles. The molecule has 0 fully saturated rings. The first kappa shape index (κ1) is 14.3. The summed E-state index contributed by atoms with van der Waals surface area (Å²) in [7, 11) is 0. The monoisotopic (exact) mass is 283 g/mol. The number of nitro groups is 1. The Hall–Kier alpha value is -3.15. The Labute approximate surface area is 121 Å². The van der Waals surface area contributed by atoms with Crippen LogP contribution in [0.1, 0.15) is 5.56 Å². The molecular weight excluding hydrogens is 270 g/mol. The molecule has 106 valence electrons. The van der Waals surface area contributed by atoms with Crippen LogP contribution in [0.4, 0.5) is 17.1 Å². The van der Waals surface area contributed by atoms with Crippen LogP contribution in [0.5, 0.6) is 0 Å². The van der Waals surface area contributed by atoms with Gasteiger partial charge < -0.3 is 11.1 Å². The van der Waals surface area contributed by atoms with Crippen molar-refractivity contribution in [3.8, 4) is 0 Å². The third kappa shape index (κ3) is 3.90. The number of benzene rings is 2. The molecule has 1 amide bonds. The lowest BCUT2D eigenvalue weighted by Gasteiger charge is -2.02. The molecular formula is C15H13N3O3. The third-order valence-corrected chi connectivity index (χ3v) is 2.70. The molecule has 0 radical (unpaired) electrons. The number of nitrogens with two attached hydrogens (primary N) is 1. The number of para-hydroxylation sites is 1. The Balaban J connectivity index is 2.11. The fourth-order valence-electron chi connectivity index (χ4n) is 1.76. The van der Waals surface area contributed by atoms with E-state index in [1.165, 1.54) is 18.2 Å². The van der Waals surface area contributed by atoms with Gasteiger partial charge in [-0.3, -0.25) is 14.9 Å². The summed E-state index contributed by atoms with van der Waals surface area (Å²) in [6, 6.07) is 12.9. The highest BCUT2D eigenvalue weighted by Gasteiger charge is 2.09. The maximum Gasteiger partial charge on any atom is 0.276 e. The molecule has 2 aromatic carbocycles. The number of nitrogen functional groups attached to an aromatic ring is 1. The van der Waals surface area contributed by atoms with Crippen LogP contribution in [-0.4, -0.2) is 10.8 Å². The van der Waals surface area contributed by atoms with E-state index >= 15 is 0 Å². The van der Waals surface area contributed by atoms with Gasteiger partial charge in [-0.1, -0.05) is 18.2 Å². The first-order chi connectivity index (χ1) is 10.1. The number of hydrogen-bond donors (Lipinski definition) is 2. The maximum atomic E-state index is 11.8. The highest BCUT2D eigenvalue weighted by molar-refractivity contribution is 6.02. The van der Waals surface area contributed by atoms with Crippen LogP contribution in [-0.2, 0) is 4.79 Å². The average molecular weight is 283 g/mol. The lowest BCUT2D eigenvalue weighted by Crippen LogP contribution is -2.07. The molecule has 0 aliphatic rings. The molecule has 0 atom stereocenters. The highest BCUT2D eigenvalue weighted by Crippen LogP contribution is 2.19. The summed E-state index contributed by atoms with van der Waals surface area (Å²) in [6.45, 7) is 0. The second-order valence-corrected chi connectivity index (χ2v) is 4.26. The van der Waals surface area contributed by atoms with Gasteiger partial charge in [-0.05, 0) is 30.3 Å². The van der Waals surface area contributed by atoms with Crippen molar-refractivity contribution in [3.05, 3.63) is 70.3 Å². The quantitative estimate of drug-likeness (QED) is 0.390. The summed E-state index contributed by atoms with van der Waals surface area (Å²) in [6.07, 6.45) is 2.64. The first-order valence-electron chi connectivity index (χ1n) is 6.14. The van der Waals surface area contributed by atoms with E-state index in [1.807, 2.05) is 0 Å². The van der Waals surface area contributed by atoms with E-state index in [2.05, 4.69) is 5.32 Å². The molecule has 6 heteroatoms. The highest BCUT2D eigenvalue weighted by atomic mass is 16.6. The van der Waals surface area contributed by atoms with Crippen LogP contribution >= 0.6 is 0 Å². The molecule has 21 heavy (non-hydrogen) atoms. The Morgan fingerprint density at radius 3 is 2.67 bits per heavy atom. The van der Waals surface area contributed by atoms with Crippen LogP contribution in [0.15, 0.2) is 54.6 Å². The number of hydrogen-bond acceptors (Lipinski definition) is 4. The number of nitrogens with zero attached hydrogens (tertiary/aromatic N) is 1. The SMILES string of the molecule is Nc1cccc(NC(=O)/C=C/c2ccccc2[N+](=O)[O-])c1. The minimum atomic E-state index is -0.491. The van der Waals surface area contributed by atoms with Gasteiger partial charge in [-0.2, -0.15) is 0 Å². The lowest BCUT2D eigenvalue weighted by molar-refractivity contribution is -0.385. The van der Waals surface area contributed by atoms with E-state index in [1.54, 1.807) is 42.5 Å². The predicted octanol–water partition coefficient (Wildman–Crippen LogP) is 2.83. The summed E-state index contributed by atoms with van der Waals surface area (Å²) in [5.74, 6) is -0.390. The molecule has 3 N–H and O–H groups in total. The van der Waals surface area contributed by atoms with E-state index in [0.29, 0.717) is 16.9 Å². The molecule has 6 nitrogen and oxygen atoms in total. The zero-order chi connectivity index (χ0) is 15.2. The molecule has 0 spiro atoms. The number of nitro benzene ring substituents is 1. The number of nitrogens with one attached hydrogen (secondary N) is 1. The maximum absolute atomic E-state index is 11.8. The largest absolute Gasteiger partial charge is 0.399 e. The van der Waals surface area contributed by atoms with E-state index in [4.69, 9.17) is 5.73 Å². The van der Waals surface area contributed by atoms with Crippen molar-refractivity contribution in [2.24, 2.45) is 0 Å². The minimum Gasteiger partial charge on any atom is -0.399 e. The molecule has 0 aliphatic carbocycles. The Morgan fingerprint density at radius 2 is 1.95 bits per heavy atom. The number of anilines is 2. The van der Waals surface area contributed by atoms with Crippen molar-refractivity contribution in [1.29, 1.82) is 0 Å².